The molecule has 2 N–H and O–H groups in total. The molecule has 0 aliphatic carbocycles. The molecule has 0 atom stereocenters. The molecule has 7 heteroatoms. The summed E-state index contributed by atoms with van der Waals surface area (Å²) in [6.07, 6.45) is 1.39. The Morgan fingerprint density at radius 1 is 1.50 bits per heavy atom. The van der Waals surface area contributed by atoms with E-state index in [4.69, 9.17) is 10.5 Å². The van der Waals surface area contributed by atoms with Crippen molar-refractivity contribution in [3.05, 3.63) is 41.2 Å². The Hall–Kier alpha value is -2.44. The molecule has 1 heterocycles. The van der Waals surface area contributed by atoms with Crippen LogP contribution in [-0.2, 0) is 17.9 Å². The van der Waals surface area contributed by atoms with E-state index in [1.807, 2.05) is 6.92 Å². The van der Waals surface area contributed by atoms with E-state index in [-0.39, 0.29) is 17.9 Å². The average Bonchev–Trinajstić information content (AvgIpc) is 2.89. The summed E-state index contributed by atoms with van der Waals surface area (Å²) in [6, 6.07) is 2.50. The largest absolute Gasteiger partial charge is 0.454 e. The van der Waals surface area contributed by atoms with Gasteiger partial charge in [-0.05, 0) is 26.0 Å². The fraction of sp³-hybridized carbons (Fsp3) is 0.308. The van der Waals surface area contributed by atoms with Crippen LogP contribution in [0.2, 0.25) is 0 Å². The number of esters is 1. The number of aromatic nitrogens is 3. The maximum atomic E-state index is 13.5. The van der Waals surface area contributed by atoms with Crippen molar-refractivity contribution < 1.29 is 13.9 Å². The lowest BCUT2D eigenvalue weighted by molar-refractivity contribution is 0.0456. The summed E-state index contributed by atoms with van der Waals surface area (Å²) < 4.78 is 20.2. The van der Waals surface area contributed by atoms with Crippen molar-refractivity contribution in [1.29, 1.82) is 0 Å². The Morgan fingerprint density at radius 3 is 2.90 bits per heavy atom. The minimum Gasteiger partial charge on any atom is -0.454 e. The Kier molecular flexibility index (Phi) is 3.97. The maximum absolute atomic E-state index is 13.5. The van der Waals surface area contributed by atoms with Crippen LogP contribution in [0.1, 0.15) is 28.7 Å². The van der Waals surface area contributed by atoms with Gasteiger partial charge in [0.2, 0.25) is 0 Å². The van der Waals surface area contributed by atoms with Gasteiger partial charge in [0.1, 0.15) is 12.1 Å². The maximum Gasteiger partial charge on any atom is 0.338 e. The van der Waals surface area contributed by atoms with Gasteiger partial charge in [-0.2, -0.15) is 5.10 Å². The minimum atomic E-state index is -0.652. The van der Waals surface area contributed by atoms with Gasteiger partial charge >= 0.3 is 5.97 Å². The van der Waals surface area contributed by atoms with E-state index in [0.717, 1.165) is 6.07 Å². The average molecular weight is 278 g/mol. The molecule has 6 nitrogen and oxygen atoms in total. The molecule has 0 aliphatic rings. The van der Waals surface area contributed by atoms with E-state index in [1.54, 1.807) is 11.6 Å². The highest BCUT2D eigenvalue weighted by Gasteiger charge is 2.13. The molecule has 0 bridgehead atoms. The van der Waals surface area contributed by atoms with Gasteiger partial charge in [-0.25, -0.2) is 18.9 Å². The second-order valence-electron chi connectivity index (χ2n) is 4.24. The number of hydrogen-bond donors (Lipinski definition) is 1. The van der Waals surface area contributed by atoms with Crippen molar-refractivity contribution in [3.8, 4) is 0 Å². The van der Waals surface area contributed by atoms with Crippen LogP contribution in [0.15, 0.2) is 18.5 Å². The van der Waals surface area contributed by atoms with Crippen molar-refractivity contribution >= 4 is 11.7 Å². The molecule has 1 aromatic heterocycles. The number of benzene rings is 1. The summed E-state index contributed by atoms with van der Waals surface area (Å²) in [5, 5.41) is 3.96. The van der Waals surface area contributed by atoms with Gasteiger partial charge in [0.05, 0.1) is 5.56 Å². The molecule has 0 spiro atoms. The lowest BCUT2D eigenvalue weighted by Crippen LogP contribution is -2.11. The Balaban J connectivity index is 2.09. The third kappa shape index (κ3) is 2.76. The molecule has 106 valence electrons. The molecule has 20 heavy (non-hydrogen) atoms. The van der Waals surface area contributed by atoms with Gasteiger partial charge in [0, 0.05) is 17.8 Å². The number of carbonyl (C=O) groups excluding carboxylic acids is 1. The molecule has 0 radical (unpaired) electrons. The van der Waals surface area contributed by atoms with Crippen LogP contribution >= 0.6 is 0 Å². The van der Waals surface area contributed by atoms with Crippen molar-refractivity contribution in [2.45, 2.75) is 27.0 Å². The number of nitrogens with two attached hydrogens (primary N) is 1. The van der Waals surface area contributed by atoms with Crippen LogP contribution in [0.3, 0.4) is 0 Å². The first-order valence-corrected chi connectivity index (χ1v) is 6.12. The predicted molar refractivity (Wildman–Crippen MR) is 70.4 cm³/mol. The molecule has 0 fully saturated rings. The van der Waals surface area contributed by atoms with Crippen molar-refractivity contribution in [3.63, 3.8) is 0 Å². The summed E-state index contributed by atoms with van der Waals surface area (Å²) >= 11 is 0. The summed E-state index contributed by atoms with van der Waals surface area (Å²) in [7, 11) is 0. The van der Waals surface area contributed by atoms with Crippen LogP contribution in [0.5, 0.6) is 0 Å². The lowest BCUT2D eigenvalue weighted by Gasteiger charge is -2.08. The highest BCUT2D eigenvalue weighted by Crippen LogP contribution is 2.18. The highest BCUT2D eigenvalue weighted by molar-refractivity contribution is 5.90. The molecule has 0 amide bonds. The van der Waals surface area contributed by atoms with E-state index in [9.17, 15) is 9.18 Å². The van der Waals surface area contributed by atoms with E-state index < -0.39 is 11.8 Å². The second-order valence-corrected chi connectivity index (χ2v) is 4.24. The zero-order valence-electron chi connectivity index (χ0n) is 11.3. The molecular formula is C13H15FN4O2. The van der Waals surface area contributed by atoms with Gasteiger partial charge in [-0.3, -0.25) is 0 Å². The molecule has 0 aliphatic heterocycles. The normalized spacial score (nSPS) is 10.6. The van der Waals surface area contributed by atoms with E-state index >= 15 is 0 Å². The first-order valence-electron chi connectivity index (χ1n) is 6.12. The van der Waals surface area contributed by atoms with Crippen LogP contribution in [0.25, 0.3) is 0 Å². The molecule has 0 unspecified atom stereocenters. The number of nitrogen functional groups attached to an aromatic ring is 1. The zero-order chi connectivity index (χ0) is 14.7. The number of aryl methyl sites for hydroxylation is 1. The quantitative estimate of drug-likeness (QED) is 0.679. The molecule has 2 aromatic rings. The molecule has 0 saturated heterocycles. The Morgan fingerprint density at radius 2 is 2.25 bits per heavy atom. The SMILES string of the molecule is CCn1ncnc1COC(=O)c1cc(N)c(C)c(F)c1. The molecular weight excluding hydrogens is 263 g/mol. The molecule has 0 saturated carbocycles. The standard InChI is InChI=1S/C13H15FN4O2/c1-3-18-12(16-7-17-18)6-20-13(19)9-4-10(14)8(2)11(15)5-9/h4-5,7H,3,6,15H2,1-2H3. The third-order valence-corrected chi connectivity index (χ3v) is 2.95. The lowest BCUT2D eigenvalue weighted by atomic mass is 10.1. The summed E-state index contributed by atoms with van der Waals surface area (Å²) in [5.41, 5.74) is 6.23. The monoisotopic (exact) mass is 278 g/mol. The van der Waals surface area contributed by atoms with Crippen LogP contribution in [-0.4, -0.2) is 20.7 Å². The predicted octanol–water partition coefficient (Wildman–Crippen LogP) is 1.68. The van der Waals surface area contributed by atoms with Crippen LogP contribution < -0.4 is 5.73 Å². The summed E-state index contributed by atoms with van der Waals surface area (Å²) in [6.45, 7) is 4.04. The number of anilines is 1. The van der Waals surface area contributed by atoms with Gasteiger partial charge in [0.15, 0.2) is 12.4 Å². The van der Waals surface area contributed by atoms with E-state index in [0.29, 0.717) is 17.9 Å². The number of rotatable bonds is 4. The first kappa shape index (κ1) is 14.0. The number of ether oxygens (including phenoxy) is 1. The topological polar surface area (TPSA) is 83.0 Å². The summed E-state index contributed by atoms with van der Waals surface area (Å²) in [4.78, 5) is 15.8. The van der Waals surface area contributed by atoms with Crippen molar-refractivity contribution in [1.82, 2.24) is 14.8 Å². The fourth-order valence-electron chi connectivity index (χ4n) is 1.70. The van der Waals surface area contributed by atoms with E-state index in [1.165, 1.54) is 12.4 Å². The van der Waals surface area contributed by atoms with Gasteiger partial charge in [0.25, 0.3) is 0 Å². The van der Waals surface area contributed by atoms with Gasteiger partial charge in [-0.1, -0.05) is 0 Å². The van der Waals surface area contributed by atoms with Gasteiger partial charge in [-0.15, -0.1) is 0 Å². The first-order chi connectivity index (χ1) is 9.52. The fourth-order valence-corrected chi connectivity index (χ4v) is 1.70. The minimum absolute atomic E-state index is 0.0257. The highest BCUT2D eigenvalue weighted by atomic mass is 19.1. The Bertz CT molecular complexity index is 616. The Labute approximate surface area is 115 Å². The second kappa shape index (κ2) is 5.68. The van der Waals surface area contributed by atoms with Crippen LogP contribution in [0, 0.1) is 12.7 Å². The molecule has 1 aromatic carbocycles. The summed E-state index contributed by atoms with van der Waals surface area (Å²) in [5.74, 6) is -0.656. The van der Waals surface area contributed by atoms with E-state index in [2.05, 4.69) is 10.1 Å². The zero-order valence-corrected chi connectivity index (χ0v) is 11.3. The number of nitrogens with zero attached hydrogens (tertiary/aromatic N) is 3. The van der Waals surface area contributed by atoms with Crippen molar-refractivity contribution in [2.24, 2.45) is 0 Å². The number of carbonyl (C=O) groups is 1. The van der Waals surface area contributed by atoms with Crippen molar-refractivity contribution in [2.75, 3.05) is 5.73 Å². The van der Waals surface area contributed by atoms with Gasteiger partial charge < -0.3 is 10.5 Å². The van der Waals surface area contributed by atoms with Crippen LogP contribution in [0.4, 0.5) is 10.1 Å². The smallest absolute Gasteiger partial charge is 0.338 e. The molecule has 2 rings (SSSR count). The number of hydrogen-bond acceptors (Lipinski definition) is 5. The number of halogens is 1. The third-order valence-electron chi connectivity index (χ3n) is 2.95.